The smallest absolute Gasteiger partial charge is 0.0746 e. The Balaban J connectivity index is 1.43. The fourth-order valence-corrected chi connectivity index (χ4v) is 7.21. The van der Waals surface area contributed by atoms with Crippen LogP contribution in [0.15, 0.2) is 180 Å². The van der Waals surface area contributed by atoms with E-state index in [0.29, 0.717) is 0 Å². The summed E-state index contributed by atoms with van der Waals surface area (Å²) in [6.45, 7) is 0. The van der Waals surface area contributed by atoms with Crippen LogP contribution in [0.3, 0.4) is 0 Å². The molecule has 0 radical (unpaired) electrons. The maximum Gasteiger partial charge on any atom is 0.0746 e. The molecule has 10 rings (SSSR count). The molecule has 0 saturated heterocycles. The number of aromatic nitrogens is 4. The van der Waals surface area contributed by atoms with Crippen LogP contribution in [-0.4, -0.2) is 30.7 Å². The van der Waals surface area contributed by atoms with Gasteiger partial charge in [0, 0.05) is 47.1 Å². The maximum absolute atomic E-state index is 5.37. The zero-order chi connectivity index (χ0) is 32.3. The number of hydrogen-bond acceptors (Lipinski definition) is 5. The van der Waals surface area contributed by atoms with Gasteiger partial charge in [0.05, 0.1) is 44.9 Å². The Morgan fingerprint density at radius 1 is 0.388 bits per heavy atom. The van der Waals surface area contributed by atoms with Gasteiger partial charge in [-0.1, -0.05) is 60.7 Å². The van der Waals surface area contributed by atoms with Crippen molar-refractivity contribution in [3.8, 4) is 0 Å². The van der Waals surface area contributed by atoms with Crippen molar-refractivity contribution >= 4 is 33.7 Å². The van der Waals surface area contributed by atoms with Gasteiger partial charge in [-0.15, -0.1) is 0 Å². The number of nitrogens with zero attached hydrogens (tertiary/aromatic N) is 6. The zero-order valence-corrected chi connectivity index (χ0v) is 26.2. The molecule has 0 unspecified atom stereocenters. The molecule has 2 aromatic carbocycles. The number of benzene rings is 2. The molecule has 6 bridgehead atoms. The topological polar surface area (TPSA) is 72.4 Å². The lowest BCUT2D eigenvalue weighted by atomic mass is 10.0. The fraction of sp³-hybridized carbons (Fsp3) is 0. The molecule has 230 valence electrons. The number of rotatable bonds is 4. The second-order valence-electron chi connectivity index (χ2n) is 12.1. The Kier molecular flexibility index (Phi) is 6.04. The summed E-state index contributed by atoms with van der Waals surface area (Å²) >= 11 is 0. The van der Waals surface area contributed by atoms with Crippen LogP contribution in [0.25, 0.3) is 22.3 Å². The number of allylic oxidation sites excluding steroid dienone is 4. The lowest BCUT2D eigenvalue weighted by molar-refractivity contribution is 0.710. The summed E-state index contributed by atoms with van der Waals surface area (Å²) in [5.74, 6) is 0. The molecular formula is C42H27N7. The van der Waals surface area contributed by atoms with E-state index in [1.54, 1.807) is 0 Å². The van der Waals surface area contributed by atoms with Gasteiger partial charge in [-0.3, -0.25) is 9.97 Å². The van der Waals surface area contributed by atoms with E-state index in [1.807, 2.05) is 61.2 Å². The third-order valence-electron chi connectivity index (χ3n) is 9.35. The van der Waals surface area contributed by atoms with Crippen molar-refractivity contribution in [3.05, 3.63) is 214 Å². The average molecular weight is 630 g/mol. The maximum atomic E-state index is 5.37. The van der Waals surface area contributed by atoms with E-state index in [-0.39, 0.29) is 0 Å². The first-order chi connectivity index (χ1) is 24.3. The van der Waals surface area contributed by atoms with Crippen LogP contribution in [0.2, 0.25) is 0 Å². The molecule has 6 aromatic rings. The Morgan fingerprint density at radius 3 is 1.31 bits per heavy atom. The predicted molar refractivity (Wildman–Crippen MR) is 194 cm³/mol. The van der Waals surface area contributed by atoms with Crippen molar-refractivity contribution in [3.63, 3.8) is 0 Å². The Hall–Kier alpha value is -6.86. The highest BCUT2D eigenvalue weighted by Crippen LogP contribution is 2.38. The number of fused-ring (bicyclic) bond motifs is 2. The van der Waals surface area contributed by atoms with Gasteiger partial charge in [-0.2, -0.15) is 0 Å². The minimum absolute atomic E-state index is 0.883. The standard InChI is InChI=1S/C42H27N7/c1-3-7-27(8-4-1)39-31-11-13-33(45-31)41(29-19-23-43-24-20-29)38-18-16-36-40(28-9-5-2-6-10-28)32-12-14-34(46-32)42(30-21-25-44-26-22-30)37-17-15-35(39)48(37)47-49(36)38/h1-26,47H. The van der Waals surface area contributed by atoms with E-state index in [9.17, 15) is 0 Å². The zero-order valence-electron chi connectivity index (χ0n) is 26.2. The Morgan fingerprint density at radius 2 is 0.816 bits per heavy atom. The quantitative estimate of drug-likeness (QED) is 0.258. The first kappa shape index (κ1) is 27.3. The molecular weight excluding hydrogens is 603 g/mol. The summed E-state index contributed by atoms with van der Waals surface area (Å²) < 4.78 is 4.38. The van der Waals surface area contributed by atoms with Crippen molar-refractivity contribution in [1.82, 2.24) is 19.3 Å². The molecule has 0 amide bonds. The van der Waals surface area contributed by atoms with Gasteiger partial charge in [0.25, 0.3) is 0 Å². The molecule has 8 heterocycles. The lowest BCUT2D eigenvalue weighted by Crippen LogP contribution is -2.42. The highest BCUT2D eigenvalue weighted by atomic mass is 15.7. The minimum Gasteiger partial charge on any atom is -0.265 e. The summed E-state index contributed by atoms with van der Waals surface area (Å²) in [5, 5.41) is 1.94. The van der Waals surface area contributed by atoms with E-state index >= 15 is 0 Å². The minimum atomic E-state index is 0.883. The summed E-state index contributed by atoms with van der Waals surface area (Å²) in [6, 6.07) is 37.9. The number of nitrogens with one attached hydrogen (secondary N) is 1. The van der Waals surface area contributed by atoms with Crippen LogP contribution >= 0.6 is 0 Å². The van der Waals surface area contributed by atoms with E-state index in [1.165, 1.54) is 0 Å². The molecule has 49 heavy (non-hydrogen) atoms. The number of pyridine rings is 2. The summed E-state index contributed by atoms with van der Waals surface area (Å²) in [7, 11) is 0. The van der Waals surface area contributed by atoms with E-state index < -0.39 is 0 Å². The monoisotopic (exact) mass is 629 g/mol. The van der Waals surface area contributed by atoms with E-state index in [4.69, 9.17) is 9.98 Å². The third kappa shape index (κ3) is 4.29. The summed E-state index contributed by atoms with van der Waals surface area (Å²) in [5.41, 5.74) is 17.6. The molecule has 1 N–H and O–H groups in total. The van der Waals surface area contributed by atoms with Crippen molar-refractivity contribution in [1.29, 1.82) is 0 Å². The lowest BCUT2D eigenvalue weighted by Gasteiger charge is -2.24. The third-order valence-corrected chi connectivity index (χ3v) is 9.35. The molecule has 4 aliphatic heterocycles. The summed E-state index contributed by atoms with van der Waals surface area (Å²) in [6.07, 6.45) is 15.9. The van der Waals surface area contributed by atoms with E-state index in [2.05, 4.69) is 122 Å². The number of aliphatic imine (C=N–C) groups is 2. The molecule has 4 aliphatic rings. The van der Waals surface area contributed by atoms with Crippen LogP contribution < -0.4 is 16.2 Å². The predicted octanol–water partition coefficient (Wildman–Crippen LogP) is 6.05. The van der Waals surface area contributed by atoms with Crippen molar-refractivity contribution < 1.29 is 0 Å². The van der Waals surface area contributed by atoms with Gasteiger partial charge < -0.3 is 0 Å². The van der Waals surface area contributed by atoms with Gasteiger partial charge in [-0.05, 0) is 95.1 Å². The molecule has 7 heteroatoms. The van der Waals surface area contributed by atoms with Gasteiger partial charge in [-0.25, -0.2) is 24.9 Å². The highest BCUT2D eigenvalue weighted by molar-refractivity contribution is 6.31. The van der Waals surface area contributed by atoms with Gasteiger partial charge in [0.2, 0.25) is 0 Å². The Bertz CT molecular complexity index is 2450. The fourth-order valence-electron chi connectivity index (χ4n) is 7.21. The largest absolute Gasteiger partial charge is 0.265 e. The van der Waals surface area contributed by atoms with Gasteiger partial charge >= 0.3 is 0 Å². The molecule has 7 nitrogen and oxygen atoms in total. The van der Waals surface area contributed by atoms with Crippen LogP contribution in [-0.2, 0) is 0 Å². The van der Waals surface area contributed by atoms with Crippen molar-refractivity contribution in [2.24, 2.45) is 9.98 Å². The van der Waals surface area contributed by atoms with E-state index in [0.717, 1.165) is 89.4 Å². The molecule has 0 fully saturated rings. The molecule has 0 saturated carbocycles. The molecule has 0 atom stereocenters. The first-order valence-electron chi connectivity index (χ1n) is 16.2. The van der Waals surface area contributed by atoms with Gasteiger partial charge in [0.1, 0.15) is 0 Å². The van der Waals surface area contributed by atoms with Crippen LogP contribution in [0.4, 0.5) is 0 Å². The first-order valence-corrected chi connectivity index (χ1v) is 16.2. The van der Waals surface area contributed by atoms with Crippen LogP contribution in [0.5, 0.6) is 0 Å². The van der Waals surface area contributed by atoms with Crippen LogP contribution in [0, 0.1) is 0 Å². The summed E-state index contributed by atoms with van der Waals surface area (Å²) in [4.78, 5) is 19.4. The molecule has 0 aliphatic carbocycles. The molecule has 4 aromatic heterocycles. The average Bonchev–Trinajstić information content (AvgIpc) is 3.98. The normalized spacial score (nSPS) is 15.8. The molecule has 0 spiro atoms. The van der Waals surface area contributed by atoms with Crippen molar-refractivity contribution in [2.45, 2.75) is 0 Å². The number of hydrogen-bond donors (Lipinski definition) is 1. The van der Waals surface area contributed by atoms with Crippen LogP contribution in [0.1, 0.15) is 33.6 Å². The van der Waals surface area contributed by atoms with Gasteiger partial charge in [0.15, 0.2) is 0 Å². The van der Waals surface area contributed by atoms with Crippen molar-refractivity contribution in [2.75, 3.05) is 5.53 Å². The second-order valence-corrected chi connectivity index (χ2v) is 12.1. The Labute approximate surface area is 281 Å². The SMILES string of the molecule is C1=CC2=C(c3ccncc3)c3ccc4n3Nn3c(ccc3=C(c3ccncc3)C3=NC(=C4c4ccccc4)C=C3)=C(c3ccccc3)C1=N2. The highest BCUT2D eigenvalue weighted by Gasteiger charge is 2.28. The second kappa shape index (κ2) is 10.9.